The van der Waals surface area contributed by atoms with Crippen LogP contribution in [0.15, 0.2) is 52.9 Å². The third-order valence-corrected chi connectivity index (χ3v) is 5.85. The second-order valence-corrected chi connectivity index (χ2v) is 8.01. The zero-order valence-electron chi connectivity index (χ0n) is 18.1. The number of piperidine rings is 1. The van der Waals surface area contributed by atoms with E-state index >= 15 is 0 Å². The first-order valence-corrected chi connectivity index (χ1v) is 11.0. The number of furan rings is 1. The van der Waals surface area contributed by atoms with Gasteiger partial charge >= 0.3 is 5.97 Å². The summed E-state index contributed by atoms with van der Waals surface area (Å²) in [6.07, 6.45) is 1.45. The summed E-state index contributed by atoms with van der Waals surface area (Å²) in [4.78, 5) is 27.3. The number of likely N-dealkylation sites (tertiary alicyclic amines) is 1. The van der Waals surface area contributed by atoms with Gasteiger partial charge in [0.2, 0.25) is 5.91 Å². The van der Waals surface area contributed by atoms with Gasteiger partial charge in [0.05, 0.1) is 13.2 Å². The van der Waals surface area contributed by atoms with E-state index < -0.39 is 0 Å². The van der Waals surface area contributed by atoms with Crippen molar-refractivity contribution in [2.45, 2.75) is 32.9 Å². The summed E-state index contributed by atoms with van der Waals surface area (Å²) >= 11 is 0. The maximum Gasteiger partial charge on any atom is 0.342 e. The molecule has 6 nitrogen and oxygen atoms in total. The highest BCUT2D eigenvalue weighted by atomic mass is 19.1. The van der Waals surface area contributed by atoms with Crippen molar-refractivity contribution in [1.29, 1.82) is 0 Å². The van der Waals surface area contributed by atoms with Gasteiger partial charge in [0.15, 0.2) is 0 Å². The first kappa shape index (κ1) is 22.0. The Labute approximate surface area is 186 Å². The van der Waals surface area contributed by atoms with Crippen molar-refractivity contribution in [3.05, 3.63) is 71.2 Å². The second-order valence-electron chi connectivity index (χ2n) is 8.01. The van der Waals surface area contributed by atoms with E-state index in [4.69, 9.17) is 9.15 Å². The molecule has 0 aliphatic carbocycles. The summed E-state index contributed by atoms with van der Waals surface area (Å²) in [5.41, 5.74) is 2.02. The van der Waals surface area contributed by atoms with E-state index in [2.05, 4.69) is 10.2 Å². The lowest BCUT2D eigenvalue weighted by atomic mass is 9.95. The van der Waals surface area contributed by atoms with Crippen molar-refractivity contribution in [3.63, 3.8) is 0 Å². The zero-order valence-corrected chi connectivity index (χ0v) is 18.1. The monoisotopic (exact) mass is 438 g/mol. The van der Waals surface area contributed by atoms with Gasteiger partial charge in [-0.25, -0.2) is 9.18 Å². The lowest BCUT2D eigenvalue weighted by molar-refractivity contribution is -0.126. The van der Waals surface area contributed by atoms with Crippen LogP contribution >= 0.6 is 0 Å². The third-order valence-electron chi connectivity index (χ3n) is 5.85. The van der Waals surface area contributed by atoms with Crippen molar-refractivity contribution in [2.24, 2.45) is 5.92 Å². The maximum absolute atomic E-state index is 13.0. The minimum Gasteiger partial charge on any atom is -0.462 e. The molecule has 1 N–H and O–H groups in total. The summed E-state index contributed by atoms with van der Waals surface area (Å²) in [5.74, 6) is -0.105. The molecule has 1 fully saturated rings. The number of para-hydroxylation sites is 1. The number of rotatable bonds is 7. The number of halogens is 1. The molecule has 1 saturated heterocycles. The number of carbonyl (C=O) groups excluding carboxylic acids is 2. The minimum atomic E-state index is -0.373. The Kier molecular flexibility index (Phi) is 6.85. The molecule has 2 aromatic carbocycles. The molecule has 1 amide bonds. The van der Waals surface area contributed by atoms with E-state index in [0.29, 0.717) is 36.6 Å². The van der Waals surface area contributed by atoms with Crippen molar-refractivity contribution in [2.75, 3.05) is 19.7 Å². The predicted molar refractivity (Wildman–Crippen MR) is 118 cm³/mol. The van der Waals surface area contributed by atoms with E-state index in [1.54, 1.807) is 19.1 Å². The van der Waals surface area contributed by atoms with Crippen LogP contribution in [0.4, 0.5) is 4.39 Å². The normalized spacial score (nSPS) is 15.1. The number of nitrogens with zero attached hydrogens (tertiary/aromatic N) is 1. The highest BCUT2D eigenvalue weighted by Gasteiger charge is 2.28. The lowest BCUT2D eigenvalue weighted by Gasteiger charge is -2.30. The van der Waals surface area contributed by atoms with Crippen LogP contribution in [0.1, 0.15) is 41.4 Å². The number of carbonyl (C=O) groups is 2. The molecule has 3 aromatic rings. The van der Waals surface area contributed by atoms with E-state index in [0.717, 1.165) is 36.9 Å². The smallest absolute Gasteiger partial charge is 0.342 e. The van der Waals surface area contributed by atoms with E-state index in [1.807, 2.05) is 24.3 Å². The molecule has 0 atom stereocenters. The minimum absolute atomic E-state index is 0.0184. The molecule has 0 unspecified atom stereocenters. The predicted octanol–water partition coefficient (Wildman–Crippen LogP) is 4.28. The highest BCUT2D eigenvalue weighted by molar-refractivity contribution is 6.04. The van der Waals surface area contributed by atoms with Crippen LogP contribution in [-0.2, 0) is 22.6 Å². The number of esters is 1. The largest absolute Gasteiger partial charge is 0.462 e. The van der Waals surface area contributed by atoms with Crippen LogP contribution < -0.4 is 5.32 Å². The fourth-order valence-corrected chi connectivity index (χ4v) is 4.13. The Bertz CT molecular complexity index is 1090. The zero-order chi connectivity index (χ0) is 22.5. The van der Waals surface area contributed by atoms with Gasteiger partial charge in [-0.05, 0) is 56.6 Å². The third kappa shape index (κ3) is 4.99. The van der Waals surface area contributed by atoms with Crippen molar-refractivity contribution < 1.29 is 23.1 Å². The number of benzene rings is 2. The Morgan fingerprint density at radius 2 is 1.84 bits per heavy atom. The van der Waals surface area contributed by atoms with E-state index in [9.17, 15) is 14.0 Å². The Morgan fingerprint density at radius 1 is 1.12 bits per heavy atom. The van der Waals surface area contributed by atoms with Gasteiger partial charge in [0.25, 0.3) is 0 Å². The summed E-state index contributed by atoms with van der Waals surface area (Å²) in [6.45, 7) is 4.43. The topological polar surface area (TPSA) is 71.8 Å². The van der Waals surface area contributed by atoms with Crippen molar-refractivity contribution in [3.8, 4) is 0 Å². The molecule has 0 radical (unpaired) electrons. The van der Waals surface area contributed by atoms with Crippen molar-refractivity contribution >= 4 is 22.8 Å². The highest BCUT2D eigenvalue weighted by Crippen LogP contribution is 2.29. The van der Waals surface area contributed by atoms with Gasteiger partial charge in [0.1, 0.15) is 22.7 Å². The standard InChI is InChI=1S/C25H27FN2O4/c1-2-31-25(30)23-20-5-3-4-6-21(20)32-22(23)16-28-13-11-18(12-14-28)24(29)27-15-17-7-9-19(26)10-8-17/h3-10,18H,2,11-16H2,1H3,(H,27,29). The molecule has 1 aromatic heterocycles. The fraction of sp³-hybridized carbons (Fsp3) is 0.360. The van der Waals surface area contributed by atoms with Crippen LogP contribution in [0.3, 0.4) is 0 Å². The average Bonchev–Trinajstić information content (AvgIpc) is 3.17. The molecule has 1 aliphatic rings. The Hall–Kier alpha value is -3.19. The number of hydrogen-bond acceptors (Lipinski definition) is 5. The summed E-state index contributed by atoms with van der Waals surface area (Å²) in [5, 5.41) is 3.71. The number of ether oxygens (including phenoxy) is 1. The molecule has 168 valence electrons. The van der Waals surface area contributed by atoms with Crippen LogP contribution in [0.5, 0.6) is 0 Å². The first-order valence-electron chi connectivity index (χ1n) is 11.0. The number of fused-ring (bicyclic) bond motifs is 1. The fourth-order valence-electron chi connectivity index (χ4n) is 4.13. The summed E-state index contributed by atoms with van der Waals surface area (Å²) in [7, 11) is 0. The van der Waals surface area contributed by atoms with E-state index in [-0.39, 0.29) is 23.6 Å². The number of nitrogens with one attached hydrogen (secondary N) is 1. The van der Waals surface area contributed by atoms with Crippen molar-refractivity contribution in [1.82, 2.24) is 10.2 Å². The van der Waals surface area contributed by atoms with Crippen LogP contribution in [0.2, 0.25) is 0 Å². The molecular weight excluding hydrogens is 411 g/mol. The van der Waals surface area contributed by atoms with Gasteiger partial charge in [-0.3, -0.25) is 9.69 Å². The number of hydrogen-bond donors (Lipinski definition) is 1. The molecule has 2 heterocycles. The molecule has 32 heavy (non-hydrogen) atoms. The van der Waals surface area contributed by atoms with Gasteiger partial charge in [-0.15, -0.1) is 0 Å². The average molecular weight is 438 g/mol. The Balaban J connectivity index is 1.35. The van der Waals surface area contributed by atoms with Gasteiger partial charge in [-0.1, -0.05) is 30.3 Å². The molecule has 0 spiro atoms. The number of amides is 1. The van der Waals surface area contributed by atoms with Gasteiger partial charge < -0.3 is 14.5 Å². The molecule has 4 rings (SSSR count). The summed E-state index contributed by atoms with van der Waals surface area (Å²) in [6, 6.07) is 13.6. The quantitative estimate of drug-likeness (QED) is 0.558. The van der Waals surface area contributed by atoms with Gasteiger partial charge in [-0.2, -0.15) is 0 Å². The SMILES string of the molecule is CCOC(=O)c1c(CN2CCC(C(=O)NCc3ccc(F)cc3)CC2)oc2ccccc12. The second kappa shape index (κ2) is 9.96. The molecule has 7 heteroatoms. The molecule has 0 saturated carbocycles. The van der Waals surface area contributed by atoms with Crippen LogP contribution in [0.25, 0.3) is 11.0 Å². The molecule has 0 bridgehead atoms. The first-order chi connectivity index (χ1) is 15.5. The molecular formula is C25H27FN2O4. The maximum atomic E-state index is 13.0. The summed E-state index contributed by atoms with van der Waals surface area (Å²) < 4.78 is 24.3. The van der Waals surface area contributed by atoms with Gasteiger partial charge in [0, 0.05) is 17.8 Å². The Morgan fingerprint density at radius 3 is 2.56 bits per heavy atom. The molecule has 1 aliphatic heterocycles. The van der Waals surface area contributed by atoms with Crippen LogP contribution in [0, 0.1) is 11.7 Å². The lowest BCUT2D eigenvalue weighted by Crippen LogP contribution is -2.40. The van der Waals surface area contributed by atoms with Crippen LogP contribution in [-0.4, -0.2) is 36.5 Å². The van der Waals surface area contributed by atoms with E-state index in [1.165, 1.54) is 12.1 Å².